The van der Waals surface area contributed by atoms with Crippen molar-refractivity contribution in [1.82, 2.24) is 19.7 Å². The summed E-state index contributed by atoms with van der Waals surface area (Å²) in [5.74, 6) is 0.973. The Balaban J connectivity index is 1.69. The lowest BCUT2D eigenvalue weighted by atomic mass is 9.98. The van der Waals surface area contributed by atoms with Gasteiger partial charge in [-0.3, -0.25) is 0 Å². The zero-order valence-electron chi connectivity index (χ0n) is 17.1. The Kier molecular flexibility index (Phi) is 4.59. The fourth-order valence-electron chi connectivity index (χ4n) is 3.83. The van der Waals surface area contributed by atoms with E-state index in [0.717, 1.165) is 52.1 Å². The van der Waals surface area contributed by atoms with Gasteiger partial charge < -0.3 is 15.8 Å². The van der Waals surface area contributed by atoms with E-state index in [-0.39, 0.29) is 0 Å². The predicted molar refractivity (Wildman–Crippen MR) is 119 cm³/mol. The Morgan fingerprint density at radius 3 is 2.50 bits per heavy atom. The summed E-state index contributed by atoms with van der Waals surface area (Å²) in [4.78, 5) is 9.68. The molecule has 0 bridgehead atoms. The molecule has 7 heteroatoms. The Morgan fingerprint density at radius 1 is 1.07 bits per heavy atom. The van der Waals surface area contributed by atoms with Crippen molar-refractivity contribution in [2.75, 3.05) is 17.7 Å². The SMILES string of the molecule is Cc1cccc(C)c1-c1nc(Nc2ccccc2)nc2c1c(N)nn2CCC1CO1. The van der Waals surface area contributed by atoms with E-state index in [1.54, 1.807) is 0 Å². The number of aryl methyl sites for hydroxylation is 3. The molecule has 2 aromatic heterocycles. The lowest BCUT2D eigenvalue weighted by molar-refractivity contribution is 0.381. The summed E-state index contributed by atoms with van der Waals surface area (Å²) >= 11 is 0. The average Bonchev–Trinajstić information content (AvgIpc) is 3.50. The third-order valence-corrected chi connectivity index (χ3v) is 5.43. The number of nitrogens with two attached hydrogens (primary N) is 1. The van der Waals surface area contributed by atoms with Crippen LogP contribution in [0.15, 0.2) is 48.5 Å². The van der Waals surface area contributed by atoms with E-state index >= 15 is 0 Å². The van der Waals surface area contributed by atoms with Crippen molar-refractivity contribution in [3.05, 3.63) is 59.7 Å². The van der Waals surface area contributed by atoms with E-state index in [4.69, 9.17) is 20.4 Å². The number of ether oxygens (including phenoxy) is 1. The van der Waals surface area contributed by atoms with E-state index in [2.05, 4.69) is 42.5 Å². The zero-order chi connectivity index (χ0) is 20.7. The van der Waals surface area contributed by atoms with Crippen molar-refractivity contribution in [1.29, 1.82) is 0 Å². The largest absolute Gasteiger partial charge is 0.382 e. The molecule has 0 aliphatic carbocycles. The van der Waals surface area contributed by atoms with Crippen LogP contribution in [0.3, 0.4) is 0 Å². The van der Waals surface area contributed by atoms with Gasteiger partial charge in [-0.15, -0.1) is 0 Å². The summed E-state index contributed by atoms with van der Waals surface area (Å²) in [6.45, 7) is 5.70. The first kappa shape index (κ1) is 18.6. The molecule has 3 N–H and O–H groups in total. The minimum atomic E-state index is 0.312. The molecular weight excluding hydrogens is 376 g/mol. The highest BCUT2D eigenvalue weighted by Gasteiger charge is 2.24. The molecule has 1 unspecified atom stereocenters. The standard InChI is InChI=1S/C23H24N6O/c1-14-7-6-8-15(2)18(14)20-19-21(24)28-29(12-11-17-13-30-17)22(19)27-23(26-20)25-16-9-4-3-5-10-16/h3-10,17H,11-13H2,1-2H3,(H2,24,28)(H,25,26,27). The minimum Gasteiger partial charge on any atom is -0.382 e. The normalized spacial score (nSPS) is 15.5. The van der Waals surface area contributed by atoms with Crippen molar-refractivity contribution >= 4 is 28.5 Å². The number of nitrogens with one attached hydrogen (secondary N) is 1. The van der Waals surface area contributed by atoms with Gasteiger partial charge in [0.2, 0.25) is 5.95 Å². The van der Waals surface area contributed by atoms with Gasteiger partial charge >= 0.3 is 0 Å². The quantitative estimate of drug-likeness (QED) is 0.471. The highest BCUT2D eigenvalue weighted by Crippen LogP contribution is 2.35. The van der Waals surface area contributed by atoms with Crippen molar-refractivity contribution in [3.63, 3.8) is 0 Å². The van der Waals surface area contributed by atoms with Crippen molar-refractivity contribution in [3.8, 4) is 11.3 Å². The maximum atomic E-state index is 6.38. The lowest BCUT2D eigenvalue weighted by Crippen LogP contribution is -2.06. The highest BCUT2D eigenvalue weighted by molar-refractivity contribution is 6.00. The van der Waals surface area contributed by atoms with Crippen LogP contribution in [0.2, 0.25) is 0 Å². The summed E-state index contributed by atoms with van der Waals surface area (Å²) in [6.07, 6.45) is 1.20. The van der Waals surface area contributed by atoms with Crippen LogP contribution in [0.5, 0.6) is 0 Å². The molecule has 30 heavy (non-hydrogen) atoms. The van der Waals surface area contributed by atoms with E-state index in [9.17, 15) is 0 Å². The first-order valence-corrected chi connectivity index (χ1v) is 10.1. The molecule has 1 saturated heterocycles. The van der Waals surface area contributed by atoms with E-state index < -0.39 is 0 Å². The predicted octanol–water partition coefficient (Wildman–Crippen LogP) is 4.22. The minimum absolute atomic E-state index is 0.312. The van der Waals surface area contributed by atoms with Gasteiger partial charge in [-0.25, -0.2) is 9.67 Å². The molecule has 0 saturated carbocycles. The Bertz CT molecular complexity index is 1190. The fraction of sp³-hybridized carbons (Fsp3) is 0.261. The summed E-state index contributed by atoms with van der Waals surface area (Å²) < 4.78 is 7.24. The molecule has 0 amide bonds. The fourth-order valence-corrected chi connectivity index (χ4v) is 3.83. The van der Waals surface area contributed by atoms with Gasteiger partial charge in [0.1, 0.15) is 0 Å². The second-order valence-corrected chi connectivity index (χ2v) is 7.70. The topological polar surface area (TPSA) is 94.2 Å². The number of aromatic nitrogens is 4. The molecule has 152 valence electrons. The van der Waals surface area contributed by atoms with Gasteiger partial charge in [-0.2, -0.15) is 10.1 Å². The number of hydrogen-bond donors (Lipinski definition) is 2. The van der Waals surface area contributed by atoms with Gasteiger partial charge in [0.25, 0.3) is 0 Å². The number of nitrogen functional groups attached to an aromatic ring is 1. The first-order valence-electron chi connectivity index (χ1n) is 10.1. The Hall–Kier alpha value is -3.45. The van der Waals surface area contributed by atoms with Gasteiger partial charge in [0, 0.05) is 17.8 Å². The molecule has 0 spiro atoms. The van der Waals surface area contributed by atoms with E-state index in [1.165, 1.54) is 0 Å². The molecule has 2 aromatic carbocycles. The third kappa shape index (κ3) is 3.48. The average molecular weight is 400 g/mol. The van der Waals surface area contributed by atoms with Crippen LogP contribution in [0.1, 0.15) is 17.5 Å². The van der Waals surface area contributed by atoms with Crippen molar-refractivity contribution in [2.24, 2.45) is 0 Å². The third-order valence-electron chi connectivity index (χ3n) is 5.43. The Morgan fingerprint density at radius 2 is 1.80 bits per heavy atom. The number of fused-ring (bicyclic) bond motifs is 1. The van der Waals surface area contributed by atoms with Crippen LogP contribution in [-0.4, -0.2) is 32.5 Å². The highest BCUT2D eigenvalue weighted by atomic mass is 16.6. The summed E-state index contributed by atoms with van der Waals surface area (Å²) in [7, 11) is 0. The van der Waals surface area contributed by atoms with Crippen LogP contribution in [0.25, 0.3) is 22.3 Å². The lowest BCUT2D eigenvalue weighted by Gasteiger charge is -2.13. The number of rotatable bonds is 6. The first-order chi connectivity index (χ1) is 14.6. The van der Waals surface area contributed by atoms with Gasteiger partial charge in [0.05, 0.1) is 23.8 Å². The van der Waals surface area contributed by atoms with Crippen LogP contribution >= 0.6 is 0 Å². The molecule has 1 atom stereocenters. The molecule has 3 heterocycles. The van der Waals surface area contributed by atoms with E-state index in [0.29, 0.717) is 24.4 Å². The van der Waals surface area contributed by atoms with Gasteiger partial charge in [0.15, 0.2) is 11.5 Å². The summed E-state index contributed by atoms with van der Waals surface area (Å²) in [5, 5.41) is 8.72. The maximum Gasteiger partial charge on any atom is 0.229 e. The summed E-state index contributed by atoms with van der Waals surface area (Å²) in [6, 6.07) is 16.1. The molecule has 1 aliphatic heterocycles. The molecule has 5 rings (SSSR count). The molecular formula is C23H24N6O. The smallest absolute Gasteiger partial charge is 0.229 e. The Labute approximate surface area is 174 Å². The van der Waals surface area contributed by atoms with Crippen LogP contribution in [0.4, 0.5) is 17.5 Å². The number of nitrogens with zero attached hydrogens (tertiary/aromatic N) is 4. The molecule has 0 radical (unpaired) electrons. The molecule has 7 nitrogen and oxygen atoms in total. The van der Waals surface area contributed by atoms with Crippen LogP contribution in [0, 0.1) is 13.8 Å². The van der Waals surface area contributed by atoms with Crippen LogP contribution in [-0.2, 0) is 11.3 Å². The second kappa shape index (κ2) is 7.42. The summed E-state index contributed by atoms with van der Waals surface area (Å²) in [5.41, 5.74) is 12.2. The molecule has 4 aromatic rings. The molecule has 1 aliphatic rings. The number of epoxide rings is 1. The number of para-hydroxylation sites is 1. The maximum absolute atomic E-state index is 6.38. The van der Waals surface area contributed by atoms with Crippen molar-refractivity contribution < 1.29 is 4.74 Å². The van der Waals surface area contributed by atoms with E-state index in [1.807, 2.05) is 35.0 Å². The monoisotopic (exact) mass is 400 g/mol. The van der Waals surface area contributed by atoms with Gasteiger partial charge in [-0.05, 0) is 43.5 Å². The number of hydrogen-bond acceptors (Lipinski definition) is 6. The van der Waals surface area contributed by atoms with Gasteiger partial charge in [-0.1, -0.05) is 36.4 Å². The number of benzene rings is 2. The molecule has 1 fully saturated rings. The van der Waals surface area contributed by atoms with Crippen LogP contribution < -0.4 is 11.1 Å². The number of anilines is 3. The second-order valence-electron chi connectivity index (χ2n) is 7.70. The zero-order valence-corrected chi connectivity index (χ0v) is 17.1. The van der Waals surface area contributed by atoms with Crippen molar-refractivity contribution in [2.45, 2.75) is 32.9 Å².